The van der Waals surface area contributed by atoms with Gasteiger partial charge in [-0.1, -0.05) is 48.5 Å². The van der Waals surface area contributed by atoms with Crippen LogP contribution >= 0.6 is 0 Å². The first-order valence-electron chi connectivity index (χ1n) is 7.03. The van der Waals surface area contributed by atoms with Crippen molar-refractivity contribution in [3.8, 4) is 17.0 Å². The van der Waals surface area contributed by atoms with E-state index >= 15 is 0 Å². The van der Waals surface area contributed by atoms with Crippen molar-refractivity contribution < 1.29 is 13.2 Å². The molecular formula is C18H15NO3S. The second kappa shape index (κ2) is 6.22. The summed E-state index contributed by atoms with van der Waals surface area (Å²) in [6.45, 7) is 0. The fourth-order valence-corrected chi connectivity index (χ4v) is 3.63. The molecule has 5 heteroatoms. The Morgan fingerprint density at radius 3 is 2.04 bits per heavy atom. The molecule has 0 bridgehead atoms. The fourth-order valence-electron chi connectivity index (χ4n) is 2.26. The lowest BCUT2D eigenvalue weighted by Crippen LogP contribution is -2.07. The van der Waals surface area contributed by atoms with Crippen LogP contribution in [0.3, 0.4) is 0 Å². The summed E-state index contributed by atoms with van der Waals surface area (Å²) in [5.41, 5.74) is 1.43. The van der Waals surface area contributed by atoms with E-state index in [4.69, 9.17) is 4.74 Å². The van der Waals surface area contributed by atoms with E-state index in [1.807, 2.05) is 30.3 Å². The van der Waals surface area contributed by atoms with Gasteiger partial charge >= 0.3 is 0 Å². The van der Waals surface area contributed by atoms with Gasteiger partial charge in [-0.25, -0.2) is 13.4 Å². The van der Waals surface area contributed by atoms with E-state index in [2.05, 4.69) is 4.98 Å². The second-order valence-corrected chi connectivity index (χ2v) is 6.75. The summed E-state index contributed by atoms with van der Waals surface area (Å²) < 4.78 is 30.9. The first kappa shape index (κ1) is 15.2. The van der Waals surface area contributed by atoms with Crippen LogP contribution < -0.4 is 4.74 Å². The summed E-state index contributed by atoms with van der Waals surface area (Å²) in [6, 6.07) is 21.0. The maximum absolute atomic E-state index is 12.9. The van der Waals surface area contributed by atoms with Crippen molar-refractivity contribution in [3.05, 3.63) is 72.8 Å². The van der Waals surface area contributed by atoms with Crippen molar-refractivity contribution >= 4 is 9.84 Å². The van der Waals surface area contributed by atoms with Crippen molar-refractivity contribution in [3.63, 3.8) is 0 Å². The molecule has 0 fully saturated rings. The normalized spacial score (nSPS) is 11.2. The van der Waals surface area contributed by atoms with Gasteiger partial charge in [0.1, 0.15) is 0 Å². The van der Waals surface area contributed by atoms with E-state index < -0.39 is 9.84 Å². The van der Waals surface area contributed by atoms with E-state index in [1.165, 1.54) is 7.11 Å². The molecule has 1 aromatic heterocycles. The van der Waals surface area contributed by atoms with Gasteiger partial charge < -0.3 is 4.74 Å². The minimum Gasteiger partial charge on any atom is -0.494 e. The first-order chi connectivity index (χ1) is 11.1. The molecule has 0 saturated carbocycles. The van der Waals surface area contributed by atoms with Crippen LogP contribution in [0.4, 0.5) is 0 Å². The predicted molar refractivity (Wildman–Crippen MR) is 88.1 cm³/mol. The maximum Gasteiger partial charge on any atom is 0.227 e. The second-order valence-electron chi connectivity index (χ2n) is 4.89. The predicted octanol–water partition coefficient (Wildman–Crippen LogP) is 3.59. The average molecular weight is 325 g/mol. The number of methoxy groups -OCH3 is 1. The fraction of sp³-hybridized carbons (Fsp3) is 0.0556. The van der Waals surface area contributed by atoms with Crippen LogP contribution in [-0.4, -0.2) is 20.5 Å². The summed E-state index contributed by atoms with van der Waals surface area (Å²) in [7, 11) is -2.31. The Kier molecular flexibility index (Phi) is 4.12. The molecule has 0 spiro atoms. The van der Waals surface area contributed by atoms with Crippen LogP contribution in [0.5, 0.6) is 5.75 Å². The lowest BCUT2D eigenvalue weighted by Gasteiger charge is -2.11. The highest BCUT2D eigenvalue weighted by Crippen LogP contribution is 2.30. The van der Waals surface area contributed by atoms with Gasteiger partial charge in [-0.05, 0) is 24.3 Å². The molecule has 3 rings (SSSR count). The quantitative estimate of drug-likeness (QED) is 0.735. The van der Waals surface area contributed by atoms with Crippen LogP contribution in [0.2, 0.25) is 0 Å². The van der Waals surface area contributed by atoms with Crippen LogP contribution in [0.1, 0.15) is 0 Å². The molecule has 0 aliphatic rings. The monoisotopic (exact) mass is 325 g/mol. The standard InChI is InChI=1S/C18H15NO3S/c1-22-17-13-12-16(14-8-4-2-5-9-14)19-18(17)23(20,21)15-10-6-3-7-11-15/h2-13H,1H3. The van der Waals surface area contributed by atoms with Crippen molar-refractivity contribution in [2.45, 2.75) is 9.92 Å². The van der Waals surface area contributed by atoms with Gasteiger partial charge in [-0.2, -0.15) is 0 Å². The summed E-state index contributed by atoms with van der Waals surface area (Å²) in [4.78, 5) is 4.54. The Balaban J connectivity index is 2.18. The number of sulfone groups is 1. The van der Waals surface area contributed by atoms with Gasteiger partial charge in [0.25, 0.3) is 0 Å². The SMILES string of the molecule is COc1ccc(-c2ccccc2)nc1S(=O)(=O)c1ccccc1. The Labute approximate surface area is 135 Å². The highest BCUT2D eigenvalue weighted by molar-refractivity contribution is 7.91. The molecule has 0 atom stereocenters. The number of rotatable bonds is 4. The largest absolute Gasteiger partial charge is 0.494 e. The molecule has 0 saturated heterocycles. The summed E-state index contributed by atoms with van der Waals surface area (Å²) >= 11 is 0. The molecule has 3 aromatic rings. The zero-order valence-electron chi connectivity index (χ0n) is 12.5. The van der Waals surface area contributed by atoms with E-state index in [0.29, 0.717) is 5.69 Å². The van der Waals surface area contributed by atoms with Crippen LogP contribution in [-0.2, 0) is 9.84 Å². The van der Waals surface area contributed by atoms with Gasteiger partial charge in [0.05, 0.1) is 17.7 Å². The van der Waals surface area contributed by atoms with Gasteiger partial charge in [0.2, 0.25) is 14.9 Å². The molecule has 0 unspecified atom stereocenters. The summed E-state index contributed by atoms with van der Waals surface area (Å²) in [6.07, 6.45) is 0. The molecule has 0 aliphatic carbocycles. The minimum atomic E-state index is -3.75. The molecule has 0 radical (unpaired) electrons. The third-order valence-electron chi connectivity index (χ3n) is 3.42. The molecule has 0 N–H and O–H groups in total. The molecule has 4 nitrogen and oxygen atoms in total. The van der Waals surface area contributed by atoms with Crippen LogP contribution in [0.25, 0.3) is 11.3 Å². The molecule has 116 valence electrons. The zero-order chi connectivity index (χ0) is 16.3. The molecule has 0 aliphatic heterocycles. The van der Waals surface area contributed by atoms with E-state index in [1.54, 1.807) is 42.5 Å². The number of aromatic nitrogens is 1. The number of benzene rings is 2. The third kappa shape index (κ3) is 2.96. The van der Waals surface area contributed by atoms with E-state index in [9.17, 15) is 8.42 Å². The Morgan fingerprint density at radius 2 is 1.43 bits per heavy atom. The van der Waals surface area contributed by atoms with Gasteiger partial charge in [0, 0.05) is 5.56 Å². The van der Waals surface area contributed by atoms with E-state index in [-0.39, 0.29) is 15.7 Å². The summed E-state index contributed by atoms with van der Waals surface area (Å²) in [5, 5.41) is -0.0763. The zero-order valence-corrected chi connectivity index (χ0v) is 13.3. The van der Waals surface area contributed by atoms with Crippen molar-refractivity contribution in [2.24, 2.45) is 0 Å². The molecule has 2 aromatic carbocycles. The number of hydrogen-bond donors (Lipinski definition) is 0. The third-order valence-corrected chi connectivity index (χ3v) is 5.12. The maximum atomic E-state index is 12.9. The van der Waals surface area contributed by atoms with E-state index in [0.717, 1.165) is 5.56 Å². The smallest absolute Gasteiger partial charge is 0.227 e. The Bertz CT molecular complexity index is 908. The molecule has 1 heterocycles. The Morgan fingerprint density at radius 1 is 0.826 bits per heavy atom. The number of nitrogens with zero attached hydrogens (tertiary/aromatic N) is 1. The van der Waals surface area contributed by atoms with Crippen LogP contribution in [0.15, 0.2) is 82.7 Å². The topological polar surface area (TPSA) is 56.3 Å². The van der Waals surface area contributed by atoms with Crippen molar-refractivity contribution in [1.29, 1.82) is 0 Å². The van der Waals surface area contributed by atoms with Gasteiger partial charge in [-0.3, -0.25) is 0 Å². The minimum absolute atomic E-state index is 0.0763. The number of ether oxygens (including phenoxy) is 1. The van der Waals surface area contributed by atoms with Crippen molar-refractivity contribution in [2.75, 3.05) is 7.11 Å². The highest BCUT2D eigenvalue weighted by Gasteiger charge is 2.24. The van der Waals surface area contributed by atoms with Gasteiger partial charge in [-0.15, -0.1) is 0 Å². The molecule has 23 heavy (non-hydrogen) atoms. The number of hydrogen-bond acceptors (Lipinski definition) is 4. The number of pyridine rings is 1. The first-order valence-corrected chi connectivity index (χ1v) is 8.52. The summed E-state index contributed by atoms with van der Waals surface area (Å²) in [5.74, 6) is 0.230. The lowest BCUT2D eigenvalue weighted by molar-refractivity contribution is 0.398. The van der Waals surface area contributed by atoms with Crippen LogP contribution in [0, 0.1) is 0 Å². The molecule has 0 amide bonds. The van der Waals surface area contributed by atoms with Crippen molar-refractivity contribution in [1.82, 2.24) is 4.98 Å². The van der Waals surface area contributed by atoms with Gasteiger partial charge in [0.15, 0.2) is 5.75 Å². The highest BCUT2D eigenvalue weighted by atomic mass is 32.2. The average Bonchev–Trinajstić information content (AvgIpc) is 2.62. The molecular weight excluding hydrogens is 310 g/mol. The lowest BCUT2D eigenvalue weighted by atomic mass is 10.1. The Hall–Kier alpha value is -2.66.